The number of rotatable bonds is 20. The van der Waals surface area contributed by atoms with Crippen LogP contribution in [-0.2, 0) is 0 Å². The molecular weight excluding hydrogens is 1130 g/mol. The Balaban J connectivity index is 8.09. The van der Waals surface area contributed by atoms with Crippen molar-refractivity contribution in [2.75, 3.05) is 0 Å². The second-order valence-electron chi connectivity index (χ2n) is 12.9. The van der Waals surface area contributed by atoms with Gasteiger partial charge in [0.1, 0.15) is 0 Å². The molecule has 0 N–H and O–H groups in total. The molecule has 0 amide bonds. The van der Waals surface area contributed by atoms with Gasteiger partial charge in [-0.2, -0.15) is 198 Å². The number of hydrogen-bond acceptors (Lipinski definition) is 0. The van der Waals surface area contributed by atoms with Crippen molar-refractivity contribution < 1.29 is 198 Å². The maximum Gasteiger partial charge on any atom is 0.460 e. The Kier molecular flexibility index (Phi) is 14.5. The maximum absolute atomic E-state index is 14.0. The first-order valence-electron chi connectivity index (χ1n) is 14.3. The molecule has 0 spiro atoms. The third-order valence-electron chi connectivity index (χ3n) is 8.40. The molecule has 0 saturated carbocycles. The van der Waals surface area contributed by atoms with Crippen molar-refractivity contribution in [1.82, 2.24) is 0 Å². The molecule has 0 aromatic rings. The van der Waals surface area contributed by atoms with Crippen LogP contribution >= 0.6 is 0 Å². The molecule has 0 heterocycles. The minimum Gasteiger partial charge on any atom is -0.200 e. The fourth-order valence-electron chi connectivity index (χ4n) is 4.00. The molecule has 0 fully saturated rings. The molecular formula is C23H3F45. The molecule has 0 aromatic heterocycles. The van der Waals surface area contributed by atoms with E-state index in [1.807, 2.05) is 0 Å². The molecule has 0 saturated heterocycles. The summed E-state index contributed by atoms with van der Waals surface area (Å²) in [6.07, 6.45) is -8.57. The predicted octanol–water partition coefficient (Wildman–Crippen LogP) is 14.9. The summed E-state index contributed by atoms with van der Waals surface area (Å²) in [5, 5.41) is 0. The van der Waals surface area contributed by atoms with E-state index in [1.165, 1.54) is 0 Å². The van der Waals surface area contributed by atoms with Crippen LogP contribution in [0.25, 0.3) is 0 Å². The van der Waals surface area contributed by atoms with Gasteiger partial charge in [-0.1, -0.05) is 0 Å². The van der Waals surface area contributed by atoms with Crippen molar-refractivity contribution in [2.24, 2.45) is 0 Å². The Labute approximate surface area is 336 Å². The lowest BCUT2D eigenvalue weighted by molar-refractivity contribution is -0.497. The van der Waals surface area contributed by atoms with E-state index in [0.717, 1.165) is 0 Å². The van der Waals surface area contributed by atoms with Crippen LogP contribution in [0.5, 0.6) is 0 Å². The fraction of sp³-hybridized carbons (Fsp3) is 1.00. The summed E-state index contributed by atoms with van der Waals surface area (Å²) in [4.78, 5) is 0. The molecule has 45 heteroatoms. The van der Waals surface area contributed by atoms with Gasteiger partial charge in [0.05, 0.1) is 0 Å². The fourth-order valence-corrected chi connectivity index (χ4v) is 4.00. The van der Waals surface area contributed by atoms with Gasteiger partial charge >= 0.3 is 131 Å². The van der Waals surface area contributed by atoms with Gasteiger partial charge in [0.2, 0.25) is 0 Å². The SMILES string of the molecule is CC(F)(F)C(F)(F)C(F)(F)C(F)(F)C(F)(F)C(F)(F)C(F)(F)C(F)(F)C(F)(F)C(F)(F)C(F)(F)C(F)(F)C(F)(F)C(F)(F)C(F)(F)C(F)(F)C(F)(F)C(F)(F)C(F)(F)C(F)(F)C(F)(F)C(F)(F)F. The minimum absolute atomic E-state index is 1.81. The Morgan fingerprint density at radius 2 is 0.191 bits per heavy atom. The number of halogens is 45. The second-order valence-corrected chi connectivity index (χ2v) is 12.9. The monoisotopic (exact) mass is 1130 g/mol. The highest BCUT2D eigenvalue weighted by molar-refractivity contribution is 5.24. The lowest BCUT2D eigenvalue weighted by Gasteiger charge is -2.47. The van der Waals surface area contributed by atoms with Crippen LogP contribution in [0.4, 0.5) is 198 Å². The van der Waals surface area contributed by atoms with E-state index in [0.29, 0.717) is 0 Å². The van der Waals surface area contributed by atoms with E-state index in [2.05, 4.69) is 0 Å². The smallest absolute Gasteiger partial charge is 0.200 e. The average Bonchev–Trinajstić information content (AvgIpc) is 3.08. The number of hydrogen-bond donors (Lipinski definition) is 0. The van der Waals surface area contributed by atoms with Crippen molar-refractivity contribution in [3.8, 4) is 0 Å². The van der Waals surface area contributed by atoms with Crippen molar-refractivity contribution >= 4 is 0 Å². The zero-order chi connectivity index (χ0) is 57.0. The van der Waals surface area contributed by atoms with E-state index < -0.39 is 137 Å². The molecule has 0 rings (SSSR count). The Hall–Kier alpha value is -3.15. The molecule has 410 valence electrons. The van der Waals surface area contributed by atoms with Crippen LogP contribution in [0, 0.1) is 0 Å². The third-order valence-corrected chi connectivity index (χ3v) is 8.40. The second kappa shape index (κ2) is 15.2. The Morgan fingerprint density at radius 1 is 0.118 bits per heavy atom. The summed E-state index contributed by atoms with van der Waals surface area (Å²) in [6.45, 7) is -1.81. The molecule has 0 aromatic carbocycles. The zero-order valence-electron chi connectivity index (χ0n) is 29.0. The van der Waals surface area contributed by atoms with Gasteiger partial charge in [-0.15, -0.1) is 0 Å². The maximum atomic E-state index is 14.0. The van der Waals surface area contributed by atoms with Gasteiger partial charge in [0.15, 0.2) is 0 Å². The van der Waals surface area contributed by atoms with E-state index in [4.69, 9.17) is 0 Å². The van der Waals surface area contributed by atoms with Gasteiger partial charge < -0.3 is 0 Å². The van der Waals surface area contributed by atoms with Gasteiger partial charge in [0, 0.05) is 6.92 Å². The molecule has 0 aliphatic carbocycles. The topological polar surface area (TPSA) is 0 Å². The summed E-state index contributed by atoms with van der Waals surface area (Å²) in [5.74, 6) is -211. The van der Waals surface area contributed by atoms with Gasteiger partial charge in [-0.25, -0.2) is 0 Å². The lowest BCUT2D eigenvalue weighted by Crippen LogP contribution is -2.81. The quantitative estimate of drug-likeness (QED) is 0.107. The van der Waals surface area contributed by atoms with Gasteiger partial charge in [-0.05, 0) is 0 Å². The highest BCUT2D eigenvalue weighted by Crippen LogP contribution is 2.72. The normalized spacial score (nSPS) is 17.6. The van der Waals surface area contributed by atoms with Crippen LogP contribution < -0.4 is 0 Å². The van der Waals surface area contributed by atoms with Crippen LogP contribution in [0.1, 0.15) is 6.92 Å². The zero-order valence-corrected chi connectivity index (χ0v) is 29.0. The highest BCUT2D eigenvalue weighted by Gasteiger charge is 3.04. The Morgan fingerprint density at radius 3 is 0.265 bits per heavy atom. The van der Waals surface area contributed by atoms with Crippen molar-refractivity contribution in [3.05, 3.63) is 0 Å². The molecule has 0 aliphatic rings. The summed E-state index contributed by atoms with van der Waals surface area (Å²) in [5.41, 5.74) is 0. The van der Waals surface area contributed by atoms with Crippen LogP contribution in [0.15, 0.2) is 0 Å². The van der Waals surface area contributed by atoms with E-state index in [9.17, 15) is 198 Å². The average molecular weight is 1130 g/mol. The van der Waals surface area contributed by atoms with Crippen molar-refractivity contribution in [3.63, 3.8) is 0 Å². The van der Waals surface area contributed by atoms with E-state index in [1.54, 1.807) is 0 Å². The van der Waals surface area contributed by atoms with Crippen molar-refractivity contribution in [2.45, 2.75) is 137 Å². The van der Waals surface area contributed by atoms with Crippen LogP contribution in [0.2, 0.25) is 0 Å². The Bertz CT molecular complexity index is 1690. The number of alkyl halides is 45. The summed E-state index contributed by atoms with van der Waals surface area (Å²) < 4.78 is 611. The third kappa shape index (κ3) is 6.96. The molecule has 0 unspecified atom stereocenters. The van der Waals surface area contributed by atoms with Gasteiger partial charge in [0.25, 0.3) is 0 Å². The van der Waals surface area contributed by atoms with Crippen LogP contribution in [-0.4, -0.2) is 131 Å². The first kappa shape index (κ1) is 64.8. The first-order chi connectivity index (χ1) is 28.2. The standard InChI is InChI=1S/C23H3F45/c1-2(24,25)3(26,27)4(28,29)5(30,31)6(32,33)7(34,35)8(36,37)9(38,39)10(40,41)11(42,43)12(44,45)13(46,47)14(48,49)15(50,51)16(52,53)17(54,55)18(56,57)19(58,59)20(60,61)21(62,63)22(64,65)23(66,67)68/h1H3. The summed E-state index contributed by atoms with van der Waals surface area (Å²) in [6, 6.07) is 0. The largest absolute Gasteiger partial charge is 0.460 e. The molecule has 0 atom stereocenters. The molecule has 0 nitrogen and oxygen atoms in total. The lowest BCUT2D eigenvalue weighted by atomic mass is 9.81. The van der Waals surface area contributed by atoms with E-state index >= 15 is 0 Å². The molecule has 0 aliphatic heterocycles. The molecule has 68 heavy (non-hydrogen) atoms. The predicted molar refractivity (Wildman–Crippen MR) is 116 cm³/mol. The van der Waals surface area contributed by atoms with E-state index in [-0.39, 0.29) is 0 Å². The molecule has 0 bridgehead atoms. The molecule has 0 radical (unpaired) electrons. The first-order valence-corrected chi connectivity index (χ1v) is 14.3. The van der Waals surface area contributed by atoms with Gasteiger partial charge in [-0.3, -0.25) is 0 Å². The van der Waals surface area contributed by atoms with Crippen LogP contribution in [0.3, 0.4) is 0 Å². The summed E-state index contributed by atoms with van der Waals surface area (Å²) in [7, 11) is 0. The minimum atomic E-state index is -10.8. The van der Waals surface area contributed by atoms with Crippen molar-refractivity contribution in [1.29, 1.82) is 0 Å². The highest BCUT2D eigenvalue weighted by atomic mass is 19.4. The summed E-state index contributed by atoms with van der Waals surface area (Å²) >= 11 is 0.